The highest BCUT2D eigenvalue weighted by Crippen LogP contribution is 2.29. The molecule has 1 fully saturated rings. The van der Waals surface area contributed by atoms with Crippen LogP contribution < -0.4 is 5.32 Å². The molecule has 2 N–H and O–H groups in total. The summed E-state index contributed by atoms with van der Waals surface area (Å²) in [6, 6.07) is 7.91. The van der Waals surface area contributed by atoms with Gasteiger partial charge < -0.3 is 15.2 Å². The lowest BCUT2D eigenvalue weighted by molar-refractivity contribution is -0.119. The smallest absolute Gasteiger partial charge is 0.230 e. The standard InChI is InChI=1S/C14H16N2O3S2/c17-12(15-8-14(18)5-6-19-9-14)7-20-13-16-10-3-1-2-4-11(10)21-13/h1-4,18H,5-9H2,(H,15,17). The first-order valence-corrected chi connectivity index (χ1v) is 8.50. The van der Waals surface area contributed by atoms with Gasteiger partial charge in [-0.2, -0.15) is 0 Å². The molecule has 0 saturated carbocycles. The van der Waals surface area contributed by atoms with Crippen LogP contribution in [0.1, 0.15) is 6.42 Å². The monoisotopic (exact) mass is 324 g/mol. The Bertz CT molecular complexity index is 605. The number of para-hydroxylation sites is 1. The van der Waals surface area contributed by atoms with E-state index in [4.69, 9.17) is 4.74 Å². The molecule has 1 amide bonds. The molecule has 1 aliphatic heterocycles. The second-order valence-electron chi connectivity index (χ2n) is 5.04. The third-order valence-corrected chi connectivity index (χ3v) is 5.48. The van der Waals surface area contributed by atoms with Crippen molar-refractivity contribution in [3.63, 3.8) is 0 Å². The second kappa shape index (κ2) is 6.31. The summed E-state index contributed by atoms with van der Waals surface area (Å²) in [7, 11) is 0. The van der Waals surface area contributed by atoms with Crippen LogP contribution in [-0.2, 0) is 9.53 Å². The topological polar surface area (TPSA) is 71.5 Å². The third kappa shape index (κ3) is 3.74. The number of amides is 1. The maximum atomic E-state index is 11.8. The average molecular weight is 324 g/mol. The number of ether oxygens (including phenoxy) is 1. The van der Waals surface area contributed by atoms with Crippen molar-refractivity contribution in [3.8, 4) is 0 Å². The Hall–Kier alpha value is -1.15. The van der Waals surface area contributed by atoms with Crippen LogP contribution in [0.25, 0.3) is 10.2 Å². The molecule has 0 bridgehead atoms. The minimum atomic E-state index is -0.907. The molecule has 1 aromatic carbocycles. The minimum absolute atomic E-state index is 0.0976. The van der Waals surface area contributed by atoms with Gasteiger partial charge in [0, 0.05) is 19.6 Å². The highest BCUT2D eigenvalue weighted by Gasteiger charge is 2.32. The molecule has 1 aromatic heterocycles. The molecule has 2 aromatic rings. The van der Waals surface area contributed by atoms with Crippen LogP contribution in [0.3, 0.4) is 0 Å². The van der Waals surface area contributed by atoms with Gasteiger partial charge in [-0.1, -0.05) is 23.9 Å². The molecule has 5 nitrogen and oxygen atoms in total. The number of fused-ring (bicyclic) bond motifs is 1. The number of nitrogens with one attached hydrogen (secondary N) is 1. The Balaban J connectivity index is 1.49. The number of thiazole rings is 1. The molecule has 2 heterocycles. The quantitative estimate of drug-likeness (QED) is 0.819. The van der Waals surface area contributed by atoms with E-state index in [0.717, 1.165) is 14.6 Å². The molecule has 1 unspecified atom stereocenters. The van der Waals surface area contributed by atoms with Gasteiger partial charge in [0.2, 0.25) is 5.91 Å². The van der Waals surface area contributed by atoms with Crippen molar-refractivity contribution >= 4 is 39.2 Å². The molecular formula is C14H16N2O3S2. The zero-order chi connectivity index (χ0) is 14.7. The molecule has 3 rings (SSSR count). The summed E-state index contributed by atoms with van der Waals surface area (Å²) in [5, 5.41) is 12.8. The number of nitrogens with zero attached hydrogens (tertiary/aromatic N) is 1. The summed E-state index contributed by atoms with van der Waals surface area (Å²) < 4.78 is 7.15. The molecule has 0 spiro atoms. The summed E-state index contributed by atoms with van der Waals surface area (Å²) in [6.45, 7) is 1.08. The van der Waals surface area contributed by atoms with Crippen LogP contribution in [0.5, 0.6) is 0 Å². The molecule has 112 valence electrons. The predicted molar refractivity (Wildman–Crippen MR) is 83.7 cm³/mol. The molecular weight excluding hydrogens is 308 g/mol. The van der Waals surface area contributed by atoms with E-state index in [1.165, 1.54) is 11.8 Å². The van der Waals surface area contributed by atoms with Gasteiger partial charge in [0.05, 0.1) is 22.6 Å². The SMILES string of the molecule is O=C(CSc1nc2ccccc2s1)NCC1(O)CCOC1. The summed E-state index contributed by atoms with van der Waals surface area (Å²) >= 11 is 3.00. The summed E-state index contributed by atoms with van der Waals surface area (Å²) in [5.74, 6) is 0.205. The van der Waals surface area contributed by atoms with Crippen LogP contribution in [-0.4, -0.2) is 47.1 Å². The van der Waals surface area contributed by atoms with Gasteiger partial charge in [-0.3, -0.25) is 4.79 Å². The number of carbonyl (C=O) groups is 1. The molecule has 0 radical (unpaired) electrons. The second-order valence-corrected chi connectivity index (χ2v) is 7.29. The number of rotatable bonds is 5. The molecule has 1 saturated heterocycles. The highest BCUT2D eigenvalue weighted by atomic mass is 32.2. The number of thioether (sulfide) groups is 1. The Kier molecular flexibility index (Phi) is 4.44. The molecule has 7 heteroatoms. The van der Waals surface area contributed by atoms with Crippen LogP contribution in [0.4, 0.5) is 0 Å². The zero-order valence-corrected chi connectivity index (χ0v) is 13.0. The fourth-order valence-electron chi connectivity index (χ4n) is 2.09. The van der Waals surface area contributed by atoms with E-state index in [1.807, 2.05) is 24.3 Å². The molecule has 1 atom stereocenters. The van der Waals surface area contributed by atoms with Gasteiger partial charge in [0.25, 0.3) is 0 Å². The Morgan fingerprint density at radius 1 is 1.52 bits per heavy atom. The van der Waals surface area contributed by atoms with E-state index in [-0.39, 0.29) is 19.1 Å². The Morgan fingerprint density at radius 2 is 2.38 bits per heavy atom. The lowest BCUT2D eigenvalue weighted by Gasteiger charge is -2.20. The summed E-state index contributed by atoms with van der Waals surface area (Å²) in [5.41, 5.74) is 0.0544. The van der Waals surface area contributed by atoms with E-state index in [0.29, 0.717) is 18.8 Å². The number of carbonyl (C=O) groups excluding carboxylic acids is 1. The van der Waals surface area contributed by atoms with E-state index in [1.54, 1.807) is 11.3 Å². The van der Waals surface area contributed by atoms with Gasteiger partial charge >= 0.3 is 0 Å². The largest absolute Gasteiger partial charge is 0.386 e. The van der Waals surface area contributed by atoms with Crippen LogP contribution >= 0.6 is 23.1 Å². The maximum Gasteiger partial charge on any atom is 0.230 e. The van der Waals surface area contributed by atoms with Gasteiger partial charge in [-0.25, -0.2) is 4.98 Å². The average Bonchev–Trinajstić information content (AvgIpc) is 3.09. The first kappa shape index (κ1) is 14.8. The number of aromatic nitrogens is 1. The normalized spacial score (nSPS) is 21.8. The van der Waals surface area contributed by atoms with Crippen LogP contribution in [0, 0.1) is 0 Å². The van der Waals surface area contributed by atoms with E-state index in [9.17, 15) is 9.90 Å². The van der Waals surface area contributed by atoms with E-state index in [2.05, 4.69) is 10.3 Å². The minimum Gasteiger partial charge on any atom is -0.386 e. The first-order chi connectivity index (χ1) is 10.1. The molecule has 21 heavy (non-hydrogen) atoms. The highest BCUT2D eigenvalue weighted by molar-refractivity contribution is 8.01. The predicted octanol–water partition coefficient (Wildman–Crippen LogP) is 1.66. The summed E-state index contributed by atoms with van der Waals surface area (Å²) in [6.07, 6.45) is 0.568. The third-order valence-electron chi connectivity index (χ3n) is 3.30. The number of hydrogen-bond acceptors (Lipinski definition) is 6. The zero-order valence-electron chi connectivity index (χ0n) is 11.4. The van der Waals surface area contributed by atoms with Crippen molar-refractivity contribution in [2.75, 3.05) is 25.5 Å². The van der Waals surface area contributed by atoms with Crippen molar-refractivity contribution < 1.29 is 14.6 Å². The maximum absolute atomic E-state index is 11.8. The van der Waals surface area contributed by atoms with Crippen molar-refractivity contribution in [2.24, 2.45) is 0 Å². The van der Waals surface area contributed by atoms with Crippen molar-refractivity contribution in [1.82, 2.24) is 10.3 Å². The van der Waals surface area contributed by atoms with Gasteiger partial charge in [-0.05, 0) is 12.1 Å². The van der Waals surface area contributed by atoms with Crippen molar-refractivity contribution in [3.05, 3.63) is 24.3 Å². The Morgan fingerprint density at radius 3 is 3.14 bits per heavy atom. The fraction of sp³-hybridized carbons (Fsp3) is 0.429. The lowest BCUT2D eigenvalue weighted by Crippen LogP contribution is -2.43. The molecule has 0 aliphatic carbocycles. The van der Waals surface area contributed by atoms with Gasteiger partial charge in [-0.15, -0.1) is 11.3 Å². The number of aliphatic hydroxyl groups is 1. The Labute approximate surface area is 130 Å². The first-order valence-electron chi connectivity index (χ1n) is 6.70. The van der Waals surface area contributed by atoms with E-state index < -0.39 is 5.60 Å². The number of benzene rings is 1. The van der Waals surface area contributed by atoms with Crippen molar-refractivity contribution in [1.29, 1.82) is 0 Å². The molecule has 1 aliphatic rings. The lowest BCUT2D eigenvalue weighted by atomic mass is 10.0. The van der Waals surface area contributed by atoms with Gasteiger partial charge in [0.1, 0.15) is 5.60 Å². The van der Waals surface area contributed by atoms with Crippen molar-refractivity contribution in [2.45, 2.75) is 16.4 Å². The number of hydrogen-bond donors (Lipinski definition) is 2. The van der Waals surface area contributed by atoms with E-state index >= 15 is 0 Å². The van der Waals surface area contributed by atoms with Gasteiger partial charge in [0.15, 0.2) is 4.34 Å². The summed E-state index contributed by atoms with van der Waals surface area (Å²) in [4.78, 5) is 16.3. The fourth-order valence-corrected chi connectivity index (χ4v) is 3.99. The van der Waals surface area contributed by atoms with Crippen LogP contribution in [0.2, 0.25) is 0 Å². The van der Waals surface area contributed by atoms with Crippen LogP contribution in [0.15, 0.2) is 28.6 Å².